The molecule has 0 aromatic heterocycles. The van der Waals surface area contributed by atoms with Crippen LogP contribution >= 0.6 is 0 Å². The Hall–Kier alpha value is -0.0800. The summed E-state index contributed by atoms with van der Waals surface area (Å²) in [5.74, 6) is 5.23. The second kappa shape index (κ2) is 6.51. The first kappa shape index (κ1) is 17.0. The van der Waals surface area contributed by atoms with Crippen molar-refractivity contribution in [3.63, 3.8) is 0 Å². The van der Waals surface area contributed by atoms with Gasteiger partial charge in [0.05, 0.1) is 0 Å². The predicted octanol–water partition coefficient (Wildman–Crippen LogP) is 4.88. The molecule has 2 heteroatoms. The summed E-state index contributed by atoms with van der Waals surface area (Å²) in [5, 5.41) is 8.18. The Bertz CT molecular complexity index is 437. The molecule has 0 saturated heterocycles. The van der Waals surface area contributed by atoms with E-state index in [1.807, 2.05) is 0 Å². The molecular weight excluding hydrogens is 304 g/mol. The van der Waals surface area contributed by atoms with Crippen molar-refractivity contribution in [3.05, 3.63) is 0 Å². The van der Waals surface area contributed by atoms with E-state index in [1.54, 1.807) is 19.3 Å². The fourth-order valence-corrected chi connectivity index (χ4v) is 8.50. The summed E-state index contributed by atoms with van der Waals surface area (Å²) in [4.78, 5) is 0. The van der Waals surface area contributed by atoms with Gasteiger partial charge in [-0.2, -0.15) is 0 Å². The smallest absolute Gasteiger partial charge is 0.0190 e. The van der Waals surface area contributed by atoms with E-state index >= 15 is 0 Å². The molecule has 6 bridgehead atoms. The van der Waals surface area contributed by atoms with Crippen molar-refractivity contribution in [3.8, 4) is 0 Å². The molecule has 142 valence electrons. The summed E-state index contributed by atoms with van der Waals surface area (Å²) in [5.41, 5.74) is 1.01. The SMILES string of the molecule is CCC1(NCCNC23CC4CC(CC(C4)C2)C3)CC2CCCC(C2)C1. The highest BCUT2D eigenvalue weighted by atomic mass is 15.1. The topological polar surface area (TPSA) is 24.1 Å². The quantitative estimate of drug-likeness (QED) is 0.671. The predicted molar refractivity (Wildman–Crippen MR) is 105 cm³/mol. The highest BCUT2D eigenvalue weighted by Gasteiger charge is 2.50. The first-order chi connectivity index (χ1) is 12.2. The van der Waals surface area contributed by atoms with Gasteiger partial charge in [0.1, 0.15) is 0 Å². The van der Waals surface area contributed by atoms with Crippen LogP contribution in [0.15, 0.2) is 0 Å². The average Bonchev–Trinajstić information content (AvgIpc) is 2.57. The Morgan fingerprint density at radius 2 is 1.20 bits per heavy atom. The second-order valence-corrected chi connectivity index (χ2v) is 11.0. The average molecular weight is 345 g/mol. The monoisotopic (exact) mass is 344 g/mol. The van der Waals surface area contributed by atoms with Crippen molar-refractivity contribution in [2.75, 3.05) is 13.1 Å². The Kier molecular flexibility index (Phi) is 4.44. The number of hydrogen-bond donors (Lipinski definition) is 2. The van der Waals surface area contributed by atoms with Crippen LogP contribution in [-0.4, -0.2) is 24.2 Å². The van der Waals surface area contributed by atoms with E-state index in [0.717, 1.165) is 29.6 Å². The van der Waals surface area contributed by atoms with Gasteiger partial charge in [0.15, 0.2) is 0 Å². The summed E-state index contributed by atoms with van der Waals surface area (Å²) in [6.45, 7) is 4.82. The third kappa shape index (κ3) is 3.31. The van der Waals surface area contributed by atoms with Crippen LogP contribution in [0.25, 0.3) is 0 Å². The maximum absolute atomic E-state index is 4.10. The van der Waals surface area contributed by atoms with Gasteiger partial charge in [-0.3, -0.25) is 0 Å². The molecule has 0 heterocycles. The van der Waals surface area contributed by atoms with Gasteiger partial charge in [0.2, 0.25) is 0 Å². The summed E-state index contributed by atoms with van der Waals surface area (Å²) in [6.07, 6.45) is 19.4. The molecule has 0 aliphatic heterocycles. The van der Waals surface area contributed by atoms with E-state index in [4.69, 9.17) is 0 Å². The third-order valence-corrected chi connectivity index (χ3v) is 9.09. The molecule has 0 radical (unpaired) electrons. The lowest BCUT2D eigenvalue weighted by Crippen LogP contribution is -2.60. The van der Waals surface area contributed by atoms with Crippen LogP contribution < -0.4 is 10.6 Å². The molecule has 0 aromatic carbocycles. The minimum Gasteiger partial charge on any atom is -0.310 e. The zero-order valence-electron chi connectivity index (χ0n) is 16.5. The van der Waals surface area contributed by atoms with Crippen LogP contribution in [0.4, 0.5) is 0 Å². The normalized spacial score (nSPS) is 51.0. The molecule has 2 N–H and O–H groups in total. The molecule has 2 atom stereocenters. The van der Waals surface area contributed by atoms with Gasteiger partial charge in [-0.1, -0.05) is 26.2 Å². The van der Waals surface area contributed by atoms with Gasteiger partial charge in [0.25, 0.3) is 0 Å². The van der Waals surface area contributed by atoms with Crippen LogP contribution in [0.3, 0.4) is 0 Å². The minimum absolute atomic E-state index is 0.469. The van der Waals surface area contributed by atoms with E-state index in [0.29, 0.717) is 11.1 Å². The summed E-state index contributed by atoms with van der Waals surface area (Å²) < 4.78 is 0. The highest BCUT2D eigenvalue weighted by molar-refractivity contribution is 5.06. The first-order valence-corrected chi connectivity index (χ1v) is 11.7. The molecule has 0 spiro atoms. The lowest BCUT2D eigenvalue weighted by Gasteiger charge is -2.57. The maximum Gasteiger partial charge on any atom is 0.0190 e. The van der Waals surface area contributed by atoms with Crippen LogP contribution in [0.2, 0.25) is 0 Å². The molecular formula is C23H40N2. The fraction of sp³-hybridized carbons (Fsp3) is 1.00. The molecule has 6 aliphatic rings. The Morgan fingerprint density at radius 3 is 1.76 bits per heavy atom. The molecule has 6 saturated carbocycles. The third-order valence-electron chi connectivity index (χ3n) is 9.09. The maximum atomic E-state index is 4.10. The first-order valence-electron chi connectivity index (χ1n) is 11.7. The molecule has 25 heavy (non-hydrogen) atoms. The Balaban J connectivity index is 1.14. The van der Waals surface area contributed by atoms with Crippen LogP contribution in [0.5, 0.6) is 0 Å². The van der Waals surface area contributed by atoms with Crippen LogP contribution in [-0.2, 0) is 0 Å². The van der Waals surface area contributed by atoms with Crippen molar-refractivity contribution in [1.82, 2.24) is 10.6 Å². The van der Waals surface area contributed by atoms with E-state index in [1.165, 1.54) is 77.3 Å². The second-order valence-electron chi connectivity index (χ2n) is 11.0. The van der Waals surface area contributed by atoms with Gasteiger partial charge in [0, 0.05) is 24.2 Å². The van der Waals surface area contributed by atoms with Gasteiger partial charge in [-0.25, -0.2) is 0 Å². The Morgan fingerprint density at radius 1 is 0.680 bits per heavy atom. The zero-order valence-corrected chi connectivity index (χ0v) is 16.5. The van der Waals surface area contributed by atoms with E-state index in [9.17, 15) is 0 Å². The fourth-order valence-electron chi connectivity index (χ4n) is 8.50. The van der Waals surface area contributed by atoms with Gasteiger partial charge in [-0.15, -0.1) is 0 Å². The zero-order chi connectivity index (χ0) is 16.9. The summed E-state index contributed by atoms with van der Waals surface area (Å²) >= 11 is 0. The van der Waals surface area contributed by atoms with Crippen LogP contribution in [0, 0.1) is 29.6 Å². The molecule has 6 rings (SSSR count). The van der Waals surface area contributed by atoms with E-state index in [-0.39, 0.29) is 0 Å². The standard InChI is InChI=1S/C23H40N2/c1-2-22(12-17-4-3-5-18(8-17)13-22)24-6-7-25-23-14-19-9-20(15-23)11-21(10-19)16-23/h17-21,24-25H,2-16H2,1H3. The van der Waals surface area contributed by atoms with Crippen molar-refractivity contribution in [2.45, 2.75) is 101 Å². The van der Waals surface area contributed by atoms with Crippen molar-refractivity contribution in [1.29, 1.82) is 0 Å². The highest BCUT2D eigenvalue weighted by Crippen LogP contribution is 2.55. The summed E-state index contributed by atoms with van der Waals surface area (Å²) in [6, 6.07) is 0. The Labute approximate surface area is 155 Å². The number of fused-ring (bicyclic) bond motifs is 2. The lowest BCUT2D eigenvalue weighted by atomic mass is 9.53. The molecule has 0 amide bonds. The number of hydrogen-bond acceptors (Lipinski definition) is 2. The van der Waals surface area contributed by atoms with Gasteiger partial charge < -0.3 is 10.6 Å². The van der Waals surface area contributed by atoms with Crippen molar-refractivity contribution >= 4 is 0 Å². The van der Waals surface area contributed by atoms with Crippen molar-refractivity contribution < 1.29 is 0 Å². The van der Waals surface area contributed by atoms with Gasteiger partial charge >= 0.3 is 0 Å². The molecule has 2 unspecified atom stereocenters. The summed E-state index contributed by atoms with van der Waals surface area (Å²) in [7, 11) is 0. The number of nitrogens with one attached hydrogen (secondary N) is 2. The van der Waals surface area contributed by atoms with Crippen molar-refractivity contribution in [2.24, 2.45) is 29.6 Å². The molecule has 6 aliphatic carbocycles. The largest absolute Gasteiger partial charge is 0.310 e. The minimum atomic E-state index is 0.469. The van der Waals surface area contributed by atoms with Crippen LogP contribution in [0.1, 0.15) is 90.4 Å². The molecule has 0 aromatic rings. The lowest BCUT2D eigenvalue weighted by molar-refractivity contribution is -0.0198. The van der Waals surface area contributed by atoms with Gasteiger partial charge in [-0.05, 0) is 93.8 Å². The van der Waals surface area contributed by atoms with E-state index in [2.05, 4.69) is 17.6 Å². The number of rotatable bonds is 6. The van der Waals surface area contributed by atoms with E-state index < -0.39 is 0 Å². The molecule has 2 nitrogen and oxygen atoms in total. The molecule has 6 fully saturated rings.